The van der Waals surface area contributed by atoms with E-state index in [4.69, 9.17) is 9.15 Å². The molecule has 5 rings (SSSR count). The first-order chi connectivity index (χ1) is 17.0. The fraction of sp³-hybridized carbons (Fsp3) is 0.231. The number of nitro benzene ring substituents is 1. The van der Waals surface area contributed by atoms with E-state index in [0.29, 0.717) is 50.0 Å². The Morgan fingerprint density at radius 3 is 2.60 bits per heavy atom. The first kappa shape index (κ1) is 22.5. The van der Waals surface area contributed by atoms with Crippen LogP contribution in [0.3, 0.4) is 0 Å². The van der Waals surface area contributed by atoms with Gasteiger partial charge in [0.15, 0.2) is 11.5 Å². The average Bonchev–Trinajstić information content (AvgIpc) is 3.26. The summed E-state index contributed by atoms with van der Waals surface area (Å²) in [5.74, 6) is 0.207. The van der Waals surface area contributed by atoms with Crippen molar-refractivity contribution in [1.29, 1.82) is 0 Å². The van der Waals surface area contributed by atoms with Crippen LogP contribution >= 0.6 is 0 Å². The number of morpholine rings is 1. The van der Waals surface area contributed by atoms with Crippen LogP contribution in [0, 0.1) is 17.0 Å². The predicted molar refractivity (Wildman–Crippen MR) is 132 cm³/mol. The van der Waals surface area contributed by atoms with Gasteiger partial charge < -0.3 is 19.4 Å². The molecule has 3 aromatic carbocycles. The standard InChI is InChI=1S/C26H24N4O5/c1-17-2-9-24-21(14-17)28-25(35-24)15-18-3-6-20(7-4-18)27-26(31)19-5-8-22(23(16-19)30(32)33)29-10-12-34-13-11-29/h2-9,14,16H,10-13,15H2,1H3,(H,27,31). The summed E-state index contributed by atoms with van der Waals surface area (Å²) in [4.78, 5) is 30.4. The second kappa shape index (κ2) is 9.55. The Labute approximate surface area is 201 Å². The number of carbonyl (C=O) groups excluding carboxylic acids is 1. The molecular formula is C26H24N4O5. The molecule has 35 heavy (non-hydrogen) atoms. The van der Waals surface area contributed by atoms with Crippen molar-refractivity contribution in [1.82, 2.24) is 4.98 Å². The van der Waals surface area contributed by atoms with E-state index in [0.717, 1.165) is 22.2 Å². The molecule has 1 N–H and O–H groups in total. The van der Waals surface area contributed by atoms with Crippen LogP contribution in [-0.2, 0) is 11.2 Å². The van der Waals surface area contributed by atoms with Gasteiger partial charge in [-0.05, 0) is 54.4 Å². The van der Waals surface area contributed by atoms with Crippen molar-refractivity contribution < 1.29 is 18.9 Å². The zero-order valence-corrected chi connectivity index (χ0v) is 19.2. The number of nitro groups is 1. The van der Waals surface area contributed by atoms with Gasteiger partial charge in [0.05, 0.1) is 18.1 Å². The van der Waals surface area contributed by atoms with E-state index < -0.39 is 10.8 Å². The van der Waals surface area contributed by atoms with Crippen LogP contribution in [0.1, 0.15) is 27.4 Å². The quantitative estimate of drug-likeness (QED) is 0.319. The van der Waals surface area contributed by atoms with E-state index in [1.807, 2.05) is 42.2 Å². The molecule has 1 aliphatic heterocycles. The zero-order chi connectivity index (χ0) is 24.4. The second-order valence-electron chi connectivity index (χ2n) is 8.47. The number of hydrogen-bond acceptors (Lipinski definition) is 7. The van der Waals surface area contributed by atoms with E-state index in [9.17, 15) is 14.9 Å². The minimum absolute atomic E-state index is 0.0940. The Balaban J connectivity index is 1.27. The third-order valence-electron chi connectivity index (χ3n) is 5.94. The lowest BCUT2D eigenvalue weighted by Crippen LogP contribution is -2.36. The van der Waals surface area contributed by atoms with E-state index in [2.05, 4.69) is 10.3 Å². The highest BCUT2D eigenvalue weighted by molar-refractivity contribution is 6.05. The molecule has 0 atom stereocenters. The van der Waals surface area contributed by atoms with Crippen molar-refractivity contribution >= 4 is 34.1 Å². The Morgan fingerprint density at radius 1 is 1.09 bits per heavy atom. The molecule has 4 aromatic rings. The topological polar surface area (TPSA) is 111 Å². The Morgan fingerprint density at radius 2 is 1.86 bits per heavy atom. The fourth-order valence-electron chi connectivity index (χ4n) is 4.13. The first-order valence-electron chi connectivity index (χ1n) is 11.3. The number of nitrogens with zero attached hydrogens (tertiary/aromatic N) is 3. The monoisotopic (exact) mass is 472 g/mol. The van der Waals surface area contributed by atoms with Gasteiger partial charge >= 0.3 is 0 Å². The summed E-state index contributed by atoms with van der Waals surface area (Å²) in [5.41, 5.74) is 4.90. The van der Waals surface area contributed by atoms with Gasteiger partial charge in [-0.25, -0.2) is 4.98 Å². The van der Waals surface area contributed by atoms with Crippen molar-refractivity contribution in [2.75, 3.05) is 36.5 Å². The summed E-state index contributed by atoms with van der Waals surface area (Å²) < 4.78 is 11.1. The van der Waals surface area contributed by atoms with Crippen LogP contribution in [0.15, 0.2) is 65.1 Å². The molecule has 0 saturated carbocycles. The third kappa shape index (κ3) is 4.99. The maximum atomic E-state index is 12.8. The van der Waals surface area contributed by atoms with E-state index in [1.165, 1.54) is 6.07 Å². The molecule has 1 aliphatic rings. The number of anilines is 2. The summed E-state index contributed by atoms with van der Waals surface area (Å²) in [7, 11) is 0. The van der Waals surface area contributed by atoms with Gasteiger partial charge in [0.25, 0.3) is 11.6 Å². The smallest absolute Gasteiger partial charge is 0.293 e. The van der Waals surface area contributed by atoms with Crippen LogP contribution in [0.5, 0.6) is 0 Å². The first-order valence-corrected chi connectivity index (χ1v) is 11.3. The van der Waals surface area contributed by atoms with Crippen LogP contribution in [0.25, 0.3) is 11.1 Å². The Kier molecular flexibility index (Phi) is 6.15. The summed E-state index contributed by atoms with van der Waals surface area (Å²) in [6.07, 6.45) is 0.525. The number of carbonyl (C=O) groups is 1. The van der Waals surface area contributed by atoms with Gasteiger partial charge in [-0.3, -0.25) is 14.9 Å². The van der Waals surface area contributed by atoms with Gasteiger partial charge in [-0.1, -0.05) is 18.2 Å². The number of benzene rings is 3. The number of rotatable bonds is 6. The molecule has 9 heteroatoms. The maximum absolute atomic E-state index is 12.8. The largest absolute Gasteiger partial charge is 0.440 e. The van der Waals surface area contributed by atoms with Crippen molar-refractivity contribution in [3.05, 3.63) is 93.4 Å². The minimum Gasteiger partial charge on any atom is -0.440 e. The van der Waals surface area contributed by atoms with Crippen LogP contribution in [0.4, 0.5) is 17.1 Å². The van der Waals surface area contributed by atoms with Gasteiger partial charge in [-0.2, -0.15) is 0 Å². The lowest BCUT2D eigenvalue weighted by molar-refractivity contribution is -0.384. The van der Waals surface area contributed by atoms with Gasteiger partial charge in [0.2, 0.25) is 0 Å². The molecule has 2 heterocycles. The number of amides is 1. The maximum Gasteiger partial charge on any atom is 0.293 e. The normalized spacial score (nSPS) is 13.7. The van der Waals surface area contributed by atoms with Crippen LogP contribution in [-0.4, -0.2) is 42.1 Å². The van der Waals surface area contributed by atoms with Crippen LogP contribution in [0.2, 0.25) is 0 Å². The summed E-state index contributed by atoms with van der Waals surface area (Å²) in [5, 5.41) is 14.5. The lowest BCUT2D eigenvalue weighted by Gasteiger charge is -2.28. The lowest BCUT2D eigenvalue weighted by atomic mass is 10.1. The molecule has 1 fully saturated rings. The molecule has 0 spiro atoms. The highest BCUT2D eigenvalue weighted by Gasteiger charge is 2.23. The van der Waals surface area contributed by atoms with E-state index >= 15 is 0 Å². The van der Waals surface area contributed by atoms with E-state index in [-0.39, 0.29) is 11.3 Å². The number of nitrogens with one attached hydrogen (secondary N) is 1. The van der Waals surface area contributed by atoms with Crippen molar-refractivity contribution in [3.63, 3.8) is 0 Å². The SMILES string of the molecule is Cc1ccc2oc(Cc3ccc(NC(=O)c4ccc(N5CCOCC5)c([N+](=O)[O-])c4)cc3)nc2c1. The zero-order valence-electron chi connectivity index (χ0n) is 19.2. The molecule has 178 valence electrons. The second-order valence-corrected chi connectivity index (χ2v) is 8.47. The molecule has 9 nitrogen and oxygen atoms in total. The summed E-state index contributed by atoms with van der Waals surface area (Å²) in [6.45, 7) is 4.18. The molecule has 1 amide bonds. The number of ether oxygens (including phenoxy) is 1. The molecule has 0 bridgehead atoms. The Hall–Kier alpha value is -4.24. The number of fused-ring (bicyclic) bond motifs is 1. The highest BCUT2D eigenvalue weighted by atomic mass is 16.6. The van der Waals surface area contributed by atoms with E-state index in [1.54, 1.807) is 24.3 Å². The predicted octanol–water partition coefficient (Wildman–Crippen LogP) is 4.72. The van der Waals surface area contributed by atoms with Gasteiger partial charge in [0, 0.05) is 36.8 Å². The number of aryl methyl sites for hydroxylation is 1. The number of hydrogen-bond donors (Lipinski definition) is 1. The van der Waals surface area contributed by atoms with Gasteiger partial charge in [0.1, 0.15) is 11.2 Å². The number of oxazole rings is 1. The highest BCUT2D eigenvalue weighted by Crippen LogP contribution is 2.30. The third-order valence-corrected chi connectivity index (χ3v) is 5.94. The molecule has 1 saturated heterocycles. The fourth-order valence-corrected chi connectivity index (χ4v) is 4.13. The number of aromatic nitrogens is 1. The van der Waals surface area contributed by atoms with Crippen LogP contribution < -0.4 is 10.2 Å². The molecule has 0 radical (unpaired) electrons. The Bertz CT molecular complexity index is 1390. The summed E-state index contributed by atoms with van der Waals surface area (Å²) >= 11 is 0. The minimum atomic E-state index is -0.455. The molecule has 0 unspecified atom stereocenters. The summed E-state index contributed by atoms with van der Waals surface area (Å²) in [6, 6.07) is 17.8. The molecular weight excluding hydrogens is 448 g/mol. The van der Waals surface area contributed by atoms with Gasteiger partial charge in [-0.15, -0.1) is 0 Å². The molecule has 0 aliphatic carbocycles. The van der Waals surface area contributed by atoms with Crippen molar-refractivity contribution in [3.8, 4) is 0 Å². The molecule has 1 aromatic heterocycles. The van der Waals surface area contributed by atoms with Crippen molar-refractivity contribution in [2.24, 2.45) is 0 Å². The average molecular weight is 473 g/mol. The van der Waals surface area contributed by atoms with Crippen molar-refractivity contribution in [2.45, 2.75) is 13.3 Å².